The predicted molar refractivity (Wildman–Crippen MR) is 111 cm³/mol. The lowest BCUT2D eigenvalue weighted by molar-refractivity contribution is -0.115. The standard InChI is InChI=1S/C21H25N3O2S/c25-21(16-24-11-14-27-20-4-2-1-3-19(20)24)22-18-7-5-17(6-8-18)15-23-9-12-26-13-10-23/h1-8H,9-16H2,(H,22,25). The van der Waals surface area contributed by atoms with Gasteiger partial charge in [0, 0.05) is 42.5 Å². The second kappa shape index (κ2) is 8.78. The summed E-state index contributed by atoms with van der Waals surface area (Å²) in [5.41, 5.74) is 3.27. The van der Waals surface area contributed by atoms with Crippen LogP contribution in [-0.2, 0) is 16.1 Å². The van der Waals surface area contributed by atoms with E-state index in [9.17, 15) is 4.79 Å². The van der Waals surface area contributed by atoms with E-state index in [-0.39, 0.29) is 5.91 Å². The molecule has 1 fully saturated rings. The zero-order valence-corrected chi connectivity index (χ0v) is 16.2. The van der Waals surface area contributed by atoms with Crippen molar-refractivity contribution in [2.24, 2.45) is 0 Å². The molecule has 1 amide bonds. The van der Waals surface area contributed by atoms with Crippen molar-refractivity contribution in [2.75, 3.05) is 55.4 Å². The number of ether oxygens (including phenoxy) is 1. The molecule has 2 aliphatic rings. The monoisotopic (exact) mass is 383 g/mol. The van der Waals surface area contributed by atoms with Crippen LogP contribution in [0.4, 0.5) is 11.4 Å². The van der Waals surface area contributed by atoms with Crippen LogP contribution in [0.5, 0.6) is 0 Å². The molecule has 0 aromatic heterocycles. The number of morpholine rings is 1. The number of nitrogens with one attached hydrogen (secondary N) is 1. The number of amides is 1. The van der Waals surface area contributed by atoms with E-state index in [2.05, 4.69) is 39.4 Å². The molecule has 2 heterocycles. The van der Waals surface area contributed by atoms with Gasteiger partial charge in [0.25, 0.3) is 0 Å². The maximum atomic E-state index is 12.5. The maximum absolute atomic E-state index is 12.5. The second-order valence-corrected chi connectivity index (χ2v) is 8.01. The minimum absolute atomic E-state index is 0.0256. The molecule has 142 valence electrons. The van der Waals surface area contributed by atoms with Gasteiger partial charge in [-0.2, -0.15) is 0 Å². The van der Waals surface area contributed by atoms with Crippen LogP contribution < -0.4 is 10.2 Å². The summed E-state index contributed by atoms with van der Waals surface area (Å²) >= 11 is 1.85. The lowest BCUT2D eigenvalue weighted by Crippen LogP contribution is -2.36. The van der Waals surface area contributed by atoms with E-state index in [1.165, 1.54) is 10.5 Å². The fourth-order valence-electron chi connectivity index (χ4n) is 3.48. The molecule has 6 heteroatoms. The predicted octanol–water partition coefficient (Wildman–Crippen LogP) is 3.07. The number of anilines is 2. The first kappa shape index (κ1) is 18.3. The third-order valence-corrected chi connectivity index (χ3v) is 5.95. The Morgan fingerprint density at radius 1 is 1.04 bits per heavy atom. The quantitative estimate of drug-likeness (QED) is 0.860. The summed E-state index contributed by atoms with van der Waals surface area (Å²) in [5.74, 6) is 1.04. The topological polar surface area (TPSA) is 44.8 Å². The van der Waals surface area contributed by atoms with E-state index in [0.717, 1.165) is 56.5 Å². The Labute approximate surface area is 164 Å². The SMILES string of the molecule is O=C(CN1CCSc2ccccc21)Nc1ccc(CN2CCOCC2)cc1. The highest BCUT2D eigenvalue weighted by Gasteiger charge is 2.19. The summed E-state index contributed by atoms with van der Waals surface area (Å²) in [6.45, 7) is 5.79. The zero-order chi connectivity index (χ0) is 18.5. The molecule has 1 saturated heterocycles. The van der Waals surface area contributed by atoms with E-state index >= 15 is 0 Å². The summed E-state index contributed by atoms with van der Waals surface area (Å²) in [5, 5.41) is 3.03. The molecule has 0 radical (unpaired) electrons. The van der Waals surface area contributed by atoms with E-state index in [1.54, 1.807) is 0 Å². The van der Waals surface area contributed by atoms with Gasteiger partial charge in [-0.3, -0.25) is 9.69 Å². The number of rotatable bonds is 5. The fourth-order valence-corrected chi connectivity index (χ4v) is 4.53. The average Bonchev–Trinajstić information content (AvgIpc) is 2.71. The van der Waals surface area contributed by atoms with E-state index in [4.69, 9.17) is 4.74 Å². The zero-order valence-electron chi connectivity index (χ0n) is 15.4. The number of carbonyl (C=O) groups excluding carboxylic acids is 1. The molecule has 0 aliphatic carbocycles. The lowest BCUT2D eigenvalue weighted by Gasteiger charge is -2.30. The van der Waals surface area contributed by atoms with Gasteiger partial charge < -0.3 is 15.0 Å². The third kappa shape index (κ3) is 4.83. The lowest BCUT2D eigenvalue weighted by atomic mass is 10.2. The van der Waals surface area contributed by atoms with Crippen LogP contribution in [0.2, 0.25) is 0 Å². The van der Waals surface area contributed by atoms with Crippen molar-refractivity contribution in [3.8, 4) is 0 Å². The molecule has 2 aromatic carbocycles. The summed E-state index contributed by atoms with van der Waals surface area (Å²) in [4.78, 5) is 18.3. The first-order valence-corrected chi connectivity index (χ1v) is 10.4. The molecular weight excluding hydrogens is 358 g/mol. The van der Waals surface area contributed by atoms with Crippen molar-refractivity contribution in [1.29, 1.82) is 0 Å². The molecule has 0 saturated carbocycles. The van der Waals surface area contributed by atoms with Gasteiger partial charge in [0.2, 0.25) is 5.91 Å². The van der Waals surface area contributed by atoms with Crippen molar-refractivity contribution in [1.82, 2.24) is 4.90 Å². The van der Waals surface area contributed by atoms with Gasteiger partial charge in [-0.1, -0.05) is 24.3 Å². The van der Waals surface area contributed by atoms with Gasteiger partial charge in [-0.15, -0.1) is 11.8 Å². The Balaban J connectivity index is 1.32. The number of nitrogens with zero attached hydrogens (tertiary/aromatic N) is 2. The van der Waals surface area contributed by atoms with Crippen molar-refractivity contribution < 1.29 is 9.53 Å². The summed E-state index contributed by atoms with van der Waals surface area (Å²) in [7, 11) is 0. The molecular formula is C21H25N3O2S. The number of hydrogen-bond acceptors (Lipinski definition) is 5. The summed E-state index contributed by atoms with van der Waals surface area (Å²) < 4.78 is 5.39. The Morgan fingerprint density at radius 3 is 2.63 bits per heavy atom. The fraction of sp³-hybridized carbons (Fsp3) is 0.381. The number of benzene rings is 2. The smallest absolute Gasteiger partial charge is 0.243 e. The van der Waals surface area contributed by atoms with Crippen LogP contribution in [0.25, 0.3) is 0 Å². The van der Waals surface area contributed by atoms with Crippen LogP contribution in [-0.4, -0.2) is 56.0 Å². The molecule has 0 atom stereocenters. The van der Waals surface area contributed by atoms with Crippen molar-refractivity contribution >= 4 is 29.0 Å². The van der Waals surface area contributed by atoms with Crippen LogP contribution in [0, 0.1) is 0 Å². The van der Waals surface area contributed by atoms with Crippen LogP contribution in [0.1, 0.15) is 5.56 Å². The molecule has 4 rings (SSSR count). The van der Waals surface area contributed by atoms with Crippen molar-refractivity contribution in [3.05, 3.63) is 54.1 Å². The molecule has 0 spiro atoms. The highest BCUT2D eigenvalue weighted by molar-refractivity contribution is 7.99. The summed E-state index contributed by atoms with van der Waals surface area (Å²) in [6, 6.07) is 16.5. The molecule has 0 bridgehead atoms. The van der Waals surface area contributed by atoms with E-state index in [1.807, 2.05) is 36.0 Å². The number of hydrogen-bond donors (Lipinski definition) is 1. The number of para-hydroxylation sites is 1. The Hall–Kier alpha value is -2.02. The third-order valence-electron chi connectivity index (χ3n) is 4.91. The molecule has 5 nitrogen and oxygen atoms in total. The molecule has 27 heavy (non-hydrogen) atoms. The van der Waals surface area contributed by atoms with Gasteiger partial charge in [-0.25, -0.2) is 0 Å². The maximum Gasteiger partial charge on any atom is 0.243 e. The van der Waals surface area contributed by atoms with Gasteiger partial charge in [-0.05, 0) is 29.8 Å². The number of thioether (sulfide) groups is 1. The average molecular weight is 384 g/mol. The minimum Gasteiger partial charge on any atom is -0.379 e. The minimum atomic E-state index is 0.0256. The van der Waals surface area contributed by atoms with Gasteiger partial charge in [0.05, 0.1) is 25.4 Å². The highest BCUT2D eigenvalue weighted by Crippen LogP contribution is 2.34. The number of fused-ring (bicyclic) bond motifs is 1. The molecule has 0 unspecified atom stereocenters. The van der Waals surface area contributed by atoms with Gasteiger partial charge >= 0.3 is 0 Å². The highest BCUT2D eigenvalue weighted by atomic mass is 32.2. The second-order valence-electron chi connectivity index (χ2n) is 6.87. The van der Waals surface area contributed by atoms with Crippen molar-refractivity contribution in [2.45, 2.75) is 11.4 Å². The number of carbonyl (C=O) groups is 1. The van der Waals surface area contributed by atoms with Crippen LogP contribution >= 0.6 is 11.8 Å². The van der Waals surface area contributed by atoms with Gasteiger partial charge in [0.1, 0.15) is 0 Å². The van der Waals surface area contributed by atoms with Gasteiger partial charge in [0.15, 0.2) is 0 Å². The first-order chi connectivity index (χ1) is 13.3. The molecule has 2 aromatic rings. The normalized spacial score (nSPS) is 17.4. The van der Waals surface area contributed by atoms with Crippen LogP contribution in [0.3, 0.4) is 0 Å². The molecule has 2 aliphatic heterocycles. The van der Waals surface area contributed by atoms with Crippen LogP contribution in [0.15, 0.2) is 53.4 Å². The summed E-state index contributed by atoms with van der Waals surface area (Å²) in [6.07, 6.45) is 0. The van der Waals surface area contributed by atoms with E-state index < -0.39 is 0 Å². The van der Waals surface area contributed by atoms with Crippen molar-refractivity contribution in [3.63, 3.8) is 0 Å². The Bertz CT molecular complexity index is 775. The molecule has 1 N–H and O–H groups in total. The van der Waals surface area contributed by atoms with E-state index in [0.29, 0.717) is 6.54 Å². The first-order valence-electron chi connectivity index (χ1n) is 9.43. The Morgan fingerprint density at radius 2 is 1.81 bits per heavy atom. The Kier molecular flexibility index (Phi) is 5.97. The largest absolute Gasteiger partial charge is 0.379 e.